The van der Waals surface area contributed by atoms with Gasteiger partial charge >= 0.3 is 0 Å². The summed E-state index contributed by atoms with van der Waals surface area (Å²) in [6, 6.07) is 2.00. The summed E-state index contributed by atoms with van der Waals surface area (Å²) >= 11 is 0. The molecule has 8 heteroatoms. The average Bonchev–Trinajstić information content (AvgIpc) is 3.24. The normalized spacial score (nSPS) is 12.2. The molecule has 0 aliphatic heterocycles. The molecule has 2 N–H and O–H groups in total. The summed E-state index contributed by atoms with van der Waals surface area (Å²) in [6.07, 6.45) is 9.13. The molecule has 4 aromatic rings. The number of H-pyrrole nitrogens is 1. The number of aliphatic hydroxyl groups is 1. The highest BCUT2D eigenvalue weighted by atomic mass is 16.3. The van der Waals surface area contributed by atoms with E-state index in [4.69, 9.17) is 0 Å². The molecule has 0 fully saturated rings. The number of pyridine rings is 1. The standard InChI is InChI=1S/C17H19N7O/c1-17(2,25)10-24-9-12(6-20-24)16-13-4-14(11-5-19-23(3)8-11)18-7-15(13)21-22-16/h4-9,25H,10H2,1-3H3,(H,21,22). The number of hydrogen-bond donors (Lipinski definition) is 2. The number of aromatic amines is 1. The molecule has 4 aromatic heterocycles. The summed E-state index contributed by atoms with van der Waals surface area (Å²) in [7, 11) is 1.88. The van der Waals surface area contributed by atoms with E-state index in [1.807, 2.05) is 25.5 Å². The van der Waals surface area contributed by atoms with Crippen molar-refractivity contribution in [3.63, 3.8) is 0 Å². The van der Waals surface area contributed by atoms with Gasteiger partial charge in [-0.25, -0.2) is 0 Å². The highest BCUT2D eigenvalue weighted by molar-refractivity contribution is 5.94. The molecular formula is C17H19N7O. The molecule has 0 bridgehead atoms. The van der Waals surface area contributed by atoms with Crippen molar-refractivity contribution < 1.29 is 5.11 Å². The van der Waals surface area contributed by atoms with Crippen LogP contribution in [0.2, 0.25) is 0 Å². The molecule has 25 heavy (non-hydrogen) atoms. The molecule has 0 aliphatic carbocycles. The third kappa shape index (κ3) is 3.03. The Hall–Kier alpha value is -3.00. The molecule has 0 unspecified atom stereocenters. The monoisotopic (exact) mass is 337 g/mol. The van der Waals surface area contributed by atoms with E-state index in [1.165, 1.54) is 0 Å². The summed E-state index contributed by atoms with van der Waals surface area (Å²) in [6.45, 7) is 3.92. The molecule has 0 amide bonds. The van der Waals surface area contributed by atoms with E-state index in [0.29, 0.717) is 6.54 Å². The summed E-state index contributed by atoms with van der Waals surface area (Å²) in [5, 5.41) is 26.9. The first-order valence-corrected chi connectivity index (χ1v) is 7.97. The van der Waals surface area contributed by atoms with Gasteiger partial charge in [-0.3, -0.25) is 19.4 Å². The highest BCUT2D eigenvalue weighted by Gasteiger charge is 2.16. The largest absolute Gasteiger partial charge is 0.389 e. The lowest BCUT2D eigenvalue weighted by Gasteiger charge is -2.16. The average molecular weight is 337 g/mol. The van der Waals surface area contributed by atoms with Gasteiger partial charge in [-0.2, -0.15) is 15.3 Å². The predicted octanol–water partition coefficient (Wildman–Crippen LogP) is 1.99. The minimum atomic E-state index is -0.825. The lowest BCUT2D eigenvalue weighted by atomic mass is 10.1. The van der Waals surface area contributed by atoms with E-state index < -0.39 is 5.60 Å². The van der Waals surface area contributed by atoms with Gasteiger partial charge < -0.3 is 5.11 Å². The molecule has 0 aromatic carbocycles. The fourth-order valence-electron chi connectivity index (χ4n) is 2.82. The number of nitrogens with one attached hydrogen (secondary N) is 1. The SMILES string of the molecule is Cn1cc(-c2cc3c(-c4cnn(CC(C)(C)O)c4)n[nH]c3cn2)cn1. The molecule has 4 heterocycles. The van der Waals surface area contributed by atoms with E-state index in [1.54, 1.807) is 41.8 Å². The summed E-state index contributed by atoms with van der Waals surface area (Å²) in [4.78, 5) is 4.47. The van der Waals surface area contributed by atoms with Crippen molar-refractivity contribution in [2.24, 2.45) is 7.05 Å². The van der Waals surface area contributed by atoms with E-state index in [2.05, 4.69) is 25.4 Å². The molecule has 0 spiro atoms. The minimum absolute atomic E-state index is 0.415. The maximum absolute atomic E-state index is 9.95. The first-order valence-electron chi connectivity index (χ1n) is 7.97. The van der Waals surface area contributed by atoms with Crippen LogP contribution in [0.25, 0.3) is 33.4 Å². The van der Waals surface area contributed by atoms with Gasteiger partial charge in [-0.1, -0.05) is 0 Å². The van der Waals surface area contributed by atoms with Gasteiger partial charge in [0.2, 0.25) is 0 Å². The highest BCUT2D eigenvalue weighted by Crippen LogP contribution is 2.28. The molecule has 0 saturated heterocycles. The molecular weight excluding hydrogens is 318 g/mol. The van der Waals surface area contributed by atoms with Crippen molar-refractivity contribution in [2.45, 2.75) is 26.0 Å². The zero-order valence-electron chi connectivity index (χ0n) is 14.3. The number of aromatic nitrogens is 7. The summed E-state index contributed by atoms with van der Waals surface area (Å²) < 4.78 is 3.47. The zero-order valence-corrected chi connectivity index (χ0v) is 14.3. The van der Waals surface area contributed by atoms with Gasteiger partial charge in [0.25, 0.3) is 0 Å². The molecule has 4 rings (SSSR count). The Morgan fingerprint density at radius 3 is 2.64 bits per heavy atom. The van der Waals surface area contributed by atoms with Crippen molar-refractivity contribution >= 4 is 10.9 Å². The number of fused-ring (bicyclic) bond motifs is 1. The molecule has 128 valence electrons. The van der Waals surface area contributed by atoms with Gasteiger partial charge in [0.15, 0.2) is 0 Å². The van der Waals surface area contributed by atoms with Crippen LogP contribution in [0, 0.1) is 0 Å². The second kappa shape index (κ2) is 5.52. The molecule has 0 radical (unpaired) electrons. The van der Waals surface area contributed by atoms with Crippen LogP contribution >= 0.6 is 0 Å². The van der Waals surface area contributed by atoms with Crippen LogP contribution in [0.5, 0.6) is 0 Å². The third-order valence-electron chi connectivity index (χ3n) is 3.90. The van der Waals surface area contributed by atoms with Crippen molar-refractivity contribution in [3.8, 4) is 22.5 Å². The Kier molecular flexibility index (Phi) is 3.43. The number of aryl methyl sites for hydroxylation is 1. The number of hydrogen-bond acceptors (Lipinski definition) is 5. The molecule has 8 nitrogen and oxygen atoms in total. The maximum Gasteiger partial charge on any atom is 0.103 e. The van der Waals surface area contributed by atoms with Crippen LogP contribution in [0.1, 0.15) is 13.8 Å². The lowest BCUT2D eigenvalue weighted by molar-refractivity contribution is 0.0577. The van der Waals surface area contributed by atoms with Crippen LogP contribution in [0.15, 0.2) is 37.1 Å². The number of rotatable bonds is 4. The van der Waals surface area contributed by atoms with Crippen molar-refractivity contribution in [1.29, 1.82) is 0 Å². The second-order valence-electron chi connectivity index (χ2n) is 6.83. The Morgan fingerprint density at radius 1 is 1.12 bits per heavy atom. The van der Waals surface area contributed by atoms with Crippen LogP contribution in [-0.2, 0) is 13.6 Å². The van der Waals surface area contributed by atoms with Crippen molar-refractivity contribution in [3.05, 3.63) is 37.1 Å². The van der Waals surface area contributed by atoms with Gasteiger partial charge in [0.1, 0.15) is 5.69 Å². The van der Waals surface area contributed by atoms with Gasteiger partial charge in [0.05, 0.1) is 41.9 Å². The van der Waals surface area contributed by atoms with E-state index in [9.17, 15) is 5.11 Å². The molecule has 0 saturated carbocycles. The lowest BCUT2D eigenvalue weighted by Crippen LogP contribution is -2.26. The van der Waals surface area contributed by atoms with Crippen molar-refractivity contribution in [2.75, 3.05) is 0 Å². The van der Waals surface area contributed by atoms with Gasteiger partial charge in [-0.05, 0) is 19.9 Å². The maximum atomic E-state index is 9.95. The smallest absolute Gasteiger partial charge is 0.103 e. The molecule has 0 aliphatic rings. The van der Waals surface area contributed by atoms with Gasteiger partial charge in [-0.15, -0.1) is 0 Å². The van der Waals surface area contributed by atoms with Crippen LogP contribution < -0.4 is 0 Å². The first kappa shape index (κ1) is 15.5. The number of nitrogens with zero attached hydrogens (tertiary/aromatic N) is 6. The zero-order chi connectivity index (χ0) is 17.6. The van der Waals surface area contributed by atoms with Crippen LogP contribution in [0.3, 0.4) is 0 Å². The van der Waals surface area contributed by atoms with E-state index in [-0.39, 0.29) is 0 Å². The topological polar surface area (TPSA) is 97.4 Å². The Bertz CT molecular complexity index is 1030. The Morgan fingerprint density at radius 2 is 1.92 bits per heavy atom. The molecule has 0 atom stereocenters. The van der Waals surface area contributed by atoms with Gasteiger partial charge in [0, 0.05) is 36.0 Å². The van der Waals surface area contributed by atoms with Crippen LogP contribution in [-0.4, -0.2) is 45.4 Å². The minimum Gasteiger partial charge on any atom is -0.389 e. The summed E-state index contributed by atoms with van der Waals surface area (Å²) in [5.74, 6) is 0. The van der Waals surface area contributed by atoms with Crippen LogP contribution in [0.4, 0.5) is 0 Å². The fourth-order valence-corrected chi connectivity index (χ4v) is 2.82. The second-order valence-corrected chi connectivity index (χ2v) is 6.83. The van der Waals surface area contributed by atoms with E-state index >= 15 is 0 Å². The van der Waals surface area contributed by atoms with Crippen molar-refractivity contribution in [1.82, 2.24) is 34.7 Å². The quantitative estimate of drug-likeness (QED) is 0.593. The van der Waals surface area contributed by atoms with E-state index in [0.717, 1.165) is 33.4 Å². The first-order chi connectivity index (χ1) is 11.9. The third-order valence-corrected chi connectivity index (χ3v) is 3.90. The predicted molar refractivity (Wildman–Crippen MR) is 93.6 cm³/mol. The summed E-state index contributed by atoms with van der Waals surface area (Å²) in [5.41, 5.74) is 3.52. The Balaban J connectivity index is 1.75. The fraction of sp³-hybridized carbons (Fsp3) is 0.294. The Labute approximate surface area is 144 Å².